The molecule has 0 radical (unpaired) electrons. The number of hydrogen-bond donors (Lipinski definition) is 2. The van der Waals surface area contributed by atoms with Crippen molar-refractivity contribution in [3.63, 3.8) is 0 Å². The van der Waals surface area contributed by atoms with E-state index in [0.717, 1.165) is 17.9 Å². The average Bonchev–Trinajstić information content (AvgIpc) is 2.43. The van der Waals surface area contributed by atoms with E-state index in [1.807, 2.05) is 26.0 Å². The van der Waals surface area contributed by atoms with Gasteiger partial charge < -0.3 is 20.3 Å². The van der Waals surface area contributed by atoms with Gasteiger partial charge in [-0.3, -0.25) is 0 Å². The van der Waals surface area contributed by atoms with Crippen molar-refractivity contribution >= 4 is 0 Å². The zero-order valence-electron chi connectivity index (χ0n) is 12.8. The van der Waals surface area contributed by atoms with Gasteiger partial charge in [-0.05, 0) is 56.3 Å². The van der Waals surface area contributed by atoms with Crippen LogP contribution < -0.4 is 15.2 Å². The molecule has 0 saturated carbocycles. The third-order valence-electron chi connectivity index (χ3n) is 3.51. The molecule has 2 atom stereocenters. The van der Waals surface area contributed by atoms with Crippen LogP contribution in [0.1, 0.15) is 26.3 Å². The van der Waals surface area contributed by atoms with Crippen molar-refractivity contribution in [2.75, 3.05) is 26.4 Å². The summed E-state index contributed by atoms with van der Waals surface area (Å²) in [6.45, 7) is 7.90. The Kier molecular flexibility index (Phi) is 7.41. The molecule has 0 spiro atoms. The van der Waals surface area contributed by atoms with Gasteiger partial charge in [-0.25, -0.2) is 0 Å². The van der Waals surface area contributed by atoms with Crippen molar-refractivity contribution in [1.82, 2.24) is 0 Å². The van der Waals surface area contributed by atoms with Gasteiger partial charge >= 0.3 is 0 Å². The fourth-order valence-corrected chi connectivity index (χ4v) is 2.25. The normalized spacial score (nSPS) is 13.8. The summed E-state index contributed by atoms with van der Waals surface area (Å²) in [7, 11) is 0. The molecule has 3 N–H and O–H groups in total. The second kappa shape index (κ2) is 8.82. The molecule has 2 unspecified atom stereocenters. The highest BCUT2D eigenvalue weighted by atomic mass is 16.5. The van der Waals surface area contributed by atoms with Crippen molar-refractivity contribution in [3.05, 3.63) is 23.8 Å². The Morgan fingerprint density at radius 1 is 1.15 bits per heavy atom. The molecule has 1 aromatic rings. The Hall–Kier alpha value is -1.26. The highest BCUT2D eigenvalue weighted by molar-refractivity contribution is 5.43. The Morgan fingerprint density at radius 2 is 1.80 bits per heavy atom. The van der Waals surface area contributed by atoms with E-state index in [1.165, 1.54) is 5.56 Å². The zero-order chi connectivity index (χ0) is 15.0. The van der Waals surface area contributed by atoms with Crippen LogP contribution in [0.3, 0.4) is 0 Å². The highest BCUT2D eigenvalue weighted by Crippen LogP contribution is 2.30. The molecule has 0 fully saturated rings. The Labute approximate surface area is 121 Å². The van der Waals surface area contributed by atoms with E-state index >= 15 is 0 Å². The third-order valence-corrected chi connectivity index (χ3v) is 3.51. The fraction of sp³-hybridized carbons (Fsp3) is 0.625. The molecule has 0 aromatic heterocycles. The first-order valence-corrected chi connectivity index (χ1v) is 7.35. The summed E-state index contributed by atoms with van der Waals surface area (Å²) in [6, 6.07) is 6.03. The van der Waals surface area contributed by atoms with E-state index in [2.05, 4.69) is 13.0 Å². The third kappa shape index (κ3) is 4.69. The summed E-state index contributed by atoms with van der Waals surface area (Å²) in [6.07, 6.45) is 0.870. The van der Waals surface area contributed by atoms with E-state index in [0.29, 0.717) is 25.7 Å². The Morgan fingerprint density at radius 3 is 2.35 bits per heavy atom. The smallest absolute Gasteiger partial charge is 0.161 e. The lowest BCUT2D eigenvalue weighted by atomic mass is 9.89. The molecule has 0 amide bonds. The maximum atomic E-state index is 9.30. The van der Waals surface area contributed by atoms with Crippen LogP contribution in [0.15, 0.2) is 18.2 Å². The summed E-state index contributed by atoms with van der Waals surface area (Å²) in [5.41, 5.74) is 6.85. The molecule has 114 valence electrons. The van der Waals surface area contributed by atoms with Gasteiger partial charge in [-0.2, -0.15) is 0 Å². The van der Waals surface area contributed by atoms with Gasteiger partial charge in [-0.15, -0.1) is 0 Å². The molecule has 1 aromatic carbocycles. The number of rotatable bonds is 9. The van der Waals surface area contributed by atoms with E-state index in [4.69, 9.17) is 15.2 Å². The second-order valence-corrected chi connectivity index (χ2v) is 5.01. The van der Waals surface area contributed by atoms with Crippen LogP contribution in [0.4, 0.5) is 0 Å². The maximum absolute atomic E-state index is 9.30. The summed E-state index contributed by atoms with van der Waals surface area (Å²) >= 11 is 0. The molecule has 4 nitrogen and oxygen atoms in total. The van der Waals surface area contributed by atoms with Gasteiger partial charge in [0.25, 0.3) is 0 Å². The quantitative estimate of drug-likeness (QED) is 0.728. The van der Waals surface area contributed by atoms with Crippen LogP contribution in [0.5, 0.6) is 11.5 Å². The minimum atomic E-state index is 0.132. The topological polar surface area (TPSA) is 64.7 Å². The van der Waals surface area contributed by atoms with Gasteiger partial charge in [0.2, 0.25) is 0 Å². The molecule has 0 heterocycles. The minimum Gasteiger partial charge on any atom is -0.490 e. The number of ether oxygens (including phenoxy) is 2. The zero-order valence-corrected chi connectivity index (χ0v) is 12.8. The molecule has 0 aliphatic rings. The molecular formula is C16H27NO3. The highest BCUT2D eigenvalue weighted by Gasteiger charge is 2.16. The van der Waals surface area contributed by atoms with Gasteiger partial charge in [0.1, 0.15) is 0 Å². The van der Waals surface area contributed by atoms with Gasteiger partial charge in [0, 0.05) is 6.61 Å². The molecule has 0 aliphatic heterocycles. The predicted molar refractivity (Wildman–Crippen MR) is 81.3 cm³/mol. The fourth-order valence-electron chi connectivity index (χ4n) is 2.25. The first kappa shape index (κ1) is 16.8. The van der Waals surface area contributed by atoms with Crippen LogP contribution >= 0.6 is 0 Å². The Balaban J connectivity index is 2.82. The molecule has 0 saturated heterocycles. The largest absolute Gasteiger partial charge is 0.490 e. The summed E-state index contributed by atoms with van der Waals surface area (Å²) in [4.78, 5) is 0. The lowest BCUT2D eigenvalue weighted by molar-refractivity contribution is 0.187. The van der Waals surface area contributed by atoms with Crippen LogP contribution in [0.25, 0.3) is 0 Å². The van der Waals surface area contributed by atoms with Crippen LogP contribution in [-0.2, 0) is 6.42 Å². The van der Waals surface area contributed by atoms with Crippen molar-refractivity contribution in [2.24, 2.45) is 17.6 Å². The molecule has 0 aliphatic carbocycles. The standard InChI is InChI=1S/C16H27NO3/c1-4-19-15-7-6-13(9-16(15)20-5-2)8-12(3)14(10-17)11-18/h6-7,9,12,14,18H,4-5,8,10-11,17H2,1-3H3. The minimum absolute atomic E-state index is 0.132. The summed E-state index contributed by atoms with van der Waals surface area (Å²) < 4.78 is 11.2. The van der Waals surface area contributed by atoms with Crippen molar-refractivity contribution in [3.8, 4) is 11.5 Å². The number of nitrogens with two attached hydrogens (primary N) is 1. The van der Waals surface area contributed by atoms with Crippen LogP contribution in [0, 0.1) is 11.8 Å². The number of aliphatic hydroxyl groups is 1. The van der Waals surface area contributed by atoms with E-state index < -0.39 is 0 Å². The van der Waals surface area contributed by atoms with E-state index in [-0.39, 0.29) is 12.5 Å². The van der Waals surface area contributed by atoms with Crippen molar-refractivity contribution in [1.29, 1.82) is 0 Å². The molecule has 1 rings (SSSR count). The first-order valence-electron chi connectivity index (χ1n) is 7.35. The SMILES string of the molecule is CCOc1ccc(CC(C)C(CN)CO)cc1OCC. The predicted octanol–water partition coefficient (Wildman–Crippen LogP) is 2.23. The maximum Gasteiger partial charge on any atom is 0.161 e. The van der Waals surface area contributed by atoms with Crippen molar-refractivity contribution < 1.29 is 14.6 Å². The van der Waals surface area contributed by atoms with E-state index in [9.17, 15) is 5.11 Å². The lowest BCUT2D eigenvalue weighted by Crippen LogP contribution is -2.26. The van der Waals surface area contributed by atoms with Crippen LogP contribution in [-0.4, -0.2) is 31.5 Å². The van der Waals surface area contributed by atoms with Crippen LogP contribution in [0.2, 0.25) is 0 Å². The lowest BCUT2D eigenvalue weighted by Gasteiger charge is -2.21. The number of aliphatic hydroxyl groups excluding tert-OH is 1. The van der Waals surface area contributed by atoms with Gasteiger partial charge in [0.05, 0.1) is 13.2 Å². The van der Waals surface area contributed by atoms with Gasteiger partial charge in [-0.1, -0.05) is 13.0 Å². The summed E-state index contributed by atoms with van der Waals surface area (Å²) in [5, 5.41) is 9.30. The average molecular weight is 281 g/mol. The molecular weight excluding hydrogens is 254 g/mol. The molecule has 0 bridgehead atoms. The van der Waals surface area contributed by atoms with Crippen molar-refractivity contribution in [2.45, 2.75) is 27.2 Å². The van der Waals surface area contributed by atoms with E-state index in [1.54, 1.807) is 0 Å². The number of benzene rings is 1. The number of hydrogen-bond acceptors (Lipinski definition) is 4. The second-order valence-electron chi connectivity index (χ2n) is 5.01. The first-order chi connectivity index (χ1) is 9.65. The summed E-state index contributed by atoms with van der Waals surface area (Å²) in [5.74, 6) is 2.03. The Bertz CT molecular complexity index is 391. The molecule has 20 heavy (non-hydrogen) atoms. The van der Waals surface area contributed by atoms with Gasteiger partial charge in [0.15, 0.2) is 11.5 Å². The molecule has 4 heteroatoms. The monoisotopic (exact) mass is 281 g/mol.